The molecule has 0 spiro atoms. The lowest BCUT2D eigenvalue weighted by molar-refractivity contribution is -0.138. The van der Waals surface area contributed by atoms with Gasteiger partial charge < -0.3 is 4.74 Å². The molecule has 0 aliphatic rings. The number of allylic oxidation sites excluding steroid dienone is 1. The monoisotopic (exact) mass is 252 g/mol. The van der Waals surface area contributed by atoms with Crippen LogP contribution in [0.25, 0.3) is 0 Å². The van der Waals surface area contributed by atoms with Crippen molar-refractivity contribution >= 4 is 5.97 Å². The molecule has 0 aliphatic heterocycles. The average molecular weight is 252 g/mol. The van der Waals surface area contributed by atoms with E-state index in [-0.39, 0.29) is 5.97 Å². The van der Waals surface area contributed by atoms with Crippen LogP contribution in [0.5, 0.6) is 0 Å². The van der Waals surface area contributed by atoms with Crippen LogP contribution in [-0.4, -0.2) is 12.6 Å². The molecule has 0 aromatic rings. The van der Waals surface area contributed by atoms with Crippen LogP contribution in [0.15, 0.2) is 24.3 Å². The van der Waals surface area contributed by atoms with Crippen LogP contribution in [-0.2, 0) is 9.53 Å². The van der Waals surface area contributed by atoms with E-state index in [4.69, 9.17) is 4.74 Å². The van der Waals surface area contributed by atoms with Crippen molar-refractivity contribution in [3.63, 3.8) is 0 Å². The molecule has 0 saturated heterocycles. The second-order valence-electron chi connectivity index (χ2n) is 4.73. The first-order chi connectivity index (χ1) is 8.68. The summed E-state index contributed by atoms with van der Waals surface area (Å²) in [5.41, 5.74) is 0.464. The number of carbonyl (C=O) groups excluding carboxylic acids is 1. The van der Waals surface area contributed by atoms with E-state index in [1.807, 2.05) is 0 Å². The van der Waals surface area contributed by atoms with Gasteiger partial charge in [-0.1, -0.05) is 57.8 Å². The van der Waals surface area contributed by atoms with E-state index in [0.717, 1.165) is 12.8 Å². The molecule has 0 N–H and O–H groups in total. The third-order valence-electron chi connectivity index (χ3n) is 2.76. The Bertz CT molecular complexity index is 254. The molecule has 0 radical (unpaired) electrons. The van der Waals surface area contributed by atoms with Gasteiger partial charge in [-0.3, -0.25) is 0 Å². The van der Waals surface area contributed by atoms with E-state index in [0.29, 0.717) is 12.2 Å². The van der Waals surface area contributed by atoms with Gasteiger partial charge in [0.25, 0.3) is 0 Å². The first kappa shape index (κ1) is 16.9. The molecule has 18 heavy (non-hydrogen) atoms. The Hall–Kier alpha value is -1.05. The Morgan fingerprint density at radius 2 is 1.67 bits per heavy atom. The Labute approximate surface area is 112 Å². The van der Waals surface area contributed by atoms with Gasteiger partial charge in [0.15, 0.2) is 0 Å². The maximum Gasteiger partial charge on any atom is 0.333 e. The number of ether oxygens (including phenoxy) is 1. The summed E-state index contributed by atoms with van der Waals surface area (Å²) >= 11 is 0. The third kappa shape index (κ3) is 11.4. The van der Waals surface area contributed by atoms with Gasteiger partial charge in [0.05, 0.1) is 6.61 Å². The van der Waals surface area contributed by atoms with Crippen molar-refractivity contribution < 1.29 is 9.53 Å². The first-order valence-electron chi connectivity index (χ1n) is 7.16. The van der Waals surface area contributed by atoms with Gasteiger partial charge in [-0.05, 0) is 26.2 Å². The summed E-state index contributed by atoms with van der Waals surface area (Å²) in [6.07, 6.45) is 14.2. The number of hydrogen-bond acceptors (Lipinski definition) is 2. The second kappa shape index (κ2) is 12.4. The molecule has 0 atom stereocenters. The molecule has 0 heterocycles. The van der Waals surface area contributed by atoms with Crippen LogP contribution in [0.4, 0.5) is 0 Å². The van der Waals surface area contributed by atoms with Gasteiger partial charge in [0.1, 0.15) is 0 Å². The maximum absolute atomic E-state index is 11.1. The highest BCUT2D eigenvalue weighted by molar-refractivity contribution is 5.86. The van der Waals surface area contributed by atoms with Crippen molar-refractivity contribution in [2.24, 2.45) is 0 Å². The standard InChI is InChI=1S/C16H28O2/c1-4-5-6-7-8-9-10-11-12-13-14-18-16(17)15(2)3/h11-12H,2,4-10,13-14H2,1,3H3/b12-11+. The normalized spacial score (nSPS) is 10.8. The van der Waals surface area contributed by atoms with Crippen molar-refractivity contribution in [1.82, 2.24) is 0 Å². The Morgan fingerprint density at radius 3 is 2.33 bits per heavy atom. The fraction of sp³-hybridized carbons (Fsp3) is 0.688. The molecular formula is C16H28O2. The van der Waals surface area contributed by atoms with Gasteiger partial charge in [-0.15, -0.1) is 0 Å². The van der Waals surface area contributed by atoms with Crippen molar-refractivity contribution in [3.8, 4) is 0 Å². The molecule has 0 aliphatic carbocycles. The van der Waals surface area contributed by atoms with E-state index in [2.05, 4.69) is 25.7 Å². The van der Waals surface area contributed by atoms with Gasteiger partial charge >= 0.3 is 5.97 Å². The van der Waals surface area contributed by atoms with Crippen molar-refractivity contribution in [2.75, 3.05) is 6.61 Å². The molecule has 0 rings (SSSR count). The Balaban J connectivity index is 3.23. The Morgan fingerprint density at radius 1 is 1.06 bits per heavy atom. The minimum Gasteiger partial charge on any atom is -0.462 e. The number of hydrogen-bond donors (Lipinski definition) is 0. The van der Waals surface area contributed by atoms with Gasteiger partial charge in [-0.25, -0.2) is 4.79 Å². The lowest BCUT2D eigenvalue weighted by atomic mass is 10.1. The molecule has 0 amide bonds. The summed E-state index contributed by atoms with van der Waals surface area (Å²) in [6.45, 7) is 7.89. The topological polar surface area (TPSA) is 26.3 Å². The fourth-order valence-electron chi connectivity index (χ4n) is 1.62. The van der Waals surface area contributed by atoms with E-state index in [1.54, 1.807) is 6.92 Å². The predicted octanol–water partition coefficient (Wildman–Crippen LogP) is 4.80. The average Bonchev–Trinajstić information content (AvgIpc) is 2.35. The first-order valence-corrected chi connectivity index (χ1v) is 7.16. The minimum atomic E-state index is -0.292. The molecule has 0 aromatic carbocycles. The van der Waals surface area contributed by atoms with E-state index in [9.17, 15) is 4.79 Å². The minimum absolute atomic E-state index is 0.292. The van der Waals surface area contributed by atoms with Crippen LogP contribution in [0.3, 0.4) is 0 Å². The van der Waals surface area contributed by atoms with E-state index >= 15 is 0 Å². The molecule has 0 bridgehead atoms. The molecular weight excluding hydrogens is 224 g/mol. The van der Waals surface area contributed by atoms with Gasteiger partial charge in [0, 0.05) is 5.57 Å². The van der Waals surface area contributed by atoms with Crippen LogP contribution in [0, 0.1) is 0 Å². The summed E-state index contributed by atoms with van der Waals surface area (Å²) in [5.74, 6) is -0.292. The largest absolute Gasteiger partial charge is 0.462 e. The van der Waals surface area contributed by atoms with Gasteiger partial charge in [-0.2, -0.15) is 0 Å². The van der Waals surface area contributed by atoms with Gasteiger partial charge in [0.2, 0.25) is 0 Å². The Kier molecular flexibility index (Phi) is 11.7. The highest BCUT2D eigenvalue weighted by Crippen LogP contribution is 2.07. The lowest BCUT2D eigenvalue weighted by Crippen LogP contribution is -2.05. The maximum atomic E-state index is 11.1. The number of esters is 1. The third-order valence-corrected chi connectivity index (χ3v) is 2.76. The van der Waals surface area contributed by atoms with Crippen LogP contribution in [0.2, 0.25) is 0 Å². The van der Waals surface area contributed by atoms with E-state index in [1.165, 1.54) is 38.5 Å². The SMILES string of the molecule is C=C(C)C(=O)OCC/C=C/CCCCCCCC. The zero-order valence-electron chi connectivity index (χ0n) is 12.0. The second-order valence-corrected chi connectivity index (χ2v) is 4.73. The van der Waals surface area contributed by atoms with Crippen molar-refractivity contribution in [1.29, 1.82) is 0 Å². The predicted molar refractivity (Wildman–Crippen MR) is 77.5 cm³/mol. The van der Waals surface area contributed by atoms with E-state index < -0.39 is 0 Å². The molecule has 0 fully saturated rings. The zero-order chi connectivity index (χ0) is 13.6. The zero-order valence-corrected chi connectivity index (χ0v) is 12.0. The molecule has 2 heteroatoms. The fourth-order valence-corrected chi connectivity index (χ4v) is 1.62. The summed E-state index contributed by atoms with van der Waals surface area (Å²) in [6, 6.07) is 0. The van der Waals surface area contributed by atoms with Crippen molar-refractivity contribution in [3.05, 3.63) is 24.3 Å². The quantitative estimate of drug-likeness (QED) is 0.228. The smallest absolute Gasteiger partial charge is 0.333 e. The molecule has 104 valence electrons. The highest BCUT2D eigenvalue weighted by Gasteiger charge is 2.00. The molecule has 0 unspecified atom stereocenters. The molecule has 2 nitrogen and oxygen atoms in total. The summed E-state index contributed by atoms with van der Waals surface area (Å²) in [5, 5.41) is 0. The molecule has 0 saturated carbocycles. The molecule has 0 aromatic heterocycles. The summed E-state index contributed by atoms with van der Waals surface area (Å²) in [7, 11) is 0. The lowest BCUT2D eigenvalue weighted by Gasteiger charge is -2.01. The van der Waals surface area contributed by atoms with Crippen LogP contribution < -0.4 is 0 Å². The highest BCUT2D eigenvalue weighted by atomic mass is 16.5. The summed E-state index contributed by atoms with van der Waals surface area (Å²) < 4.78 is 4.99. The number of rotatable bonds is 11. The summed E-state index contributed by atoms with van der Waals surface area (Å²) in [4.78, 5) is 11.1. The van der Waals surface area contributed by atoms with Crippen molar-refractivity contribution in [2.45, 2.75) is 65.2 Å². The number of carbonyl (C=O) groups is 1. The van der Waals surface area contributed by atoms with Crippen LogP contribution in [0.1, 0.15) is 65.2 Å². The van der Waals surface area contributed by atoms with Crippen LogP contribution >= 0.6 is 0 Å². The number of unbranched alkanes of at least 4 members (excludes halogenated alkanes) is 6.